The van der Waals surface area contributed by atoms with Crippen molar-refractivity contribution in [1.29, 1.82) is 0 Å². The van der Waals surface area contributed by atoms with E-state index in [-0.39, 0.29) is 0 Å². The fourth-order valence-electron chi connectivity index (χ4n) is 4.96. The van der Waals surface area contributed by atoms with Gasteiger partial charge in [0, 0.05) is 47.6 Å². The summed E-state index contributed by atoms with van der Waals surface area (Å²) in [5.74, 6) is 0.0766. The van der Waals surface area contributed by atoms with Gasteiger partial charge < -0.3 is 15.8 Å². The number of nitrogens with one attached hydrogen (secondary N) is 1. The molecule has 0 aliphatic carbocycles. The predicted octanol–water partition coefficient (Wildman–Crippen LogP) is 7.32. The number of carbonyl (C=O) groups is 1. The Labute approximate surface area is 241 Å². The third-order valence-electron chi connectivity index (χ3n) is 7.02. The van der Waals surface area contributed by atoms with Crippen molar-refractivity contribution in [3.8, 4) is 11.3 Å². The van der Waals surface area contributed by atoms with Gasteiger partial charge in [0.05, 0.1) is 16.9 Å². The molecule has 0 aliphatic rings. The Morgan fingerprint density at radius 3 is 2.27 bits per heavy atom. The van der Waals surface area contributed by atoms with Crippen LogP contribution in [0, 0.1) is 13.8 Å². The number of ether oxygens (including phenoxy) is 1. The summed E-state index contributed by atoms with van der Waals surface area (Å²) in [6.45, 7) is 8.50. The molecule has 4 aromatic carbocycles. The third kappa shape index (κ3) is 6.21. The molecule has 0 spiro atoms. The minimum absolute atomic E-state index is 0.446. The lowest BCUT2D eigenvalue weighted by molar-refractivity contribution is 0.100. The van der Waals surface area contributed by atoms with Crippen LogP contribution in [0.4, 0.5) is 23.0 Å². The predicted molar refractivity (Wildman–Crippen MR) is 167 cm³/mol. The first-order valence-corrected chi connectivity index (χ1v) is 13.9. The van der Waals surface area contributed by atoms with E-state index in [0.29, 0.717) is 11.5 Å². The number of nitrogens with two attached hydrogens (primary N) is 1. The van der Waals surface area contributed by atoms with Gasteiger partial charge in [-0.2, -0.15) is 0 Å². The Balaban J connectivity index is 1.60. The van der Waals surface area contributed by atoms with Gasteiger partial charge in [0.25, 0.3) is 0 Å². The number of rotatable bonds is 11. The smallest absolute Gasteiger partial charge is 0.248 e. The summed E-state index contributed by atoms with van der Waals surface area (Å²) in [6, 6.07) is 29.9. The minimum Gasteiger partial charge on any atom is -0.385 e. The maximum Gasteiger partial charge on any atom is 0.248 e. The van der Waals surface area contributed by atoms with E-state index in [1.165, 1.54) is 0 Å². The van der Waals surface area contributed by atoms with Gasteiger partial charge in [-0.05, 0) is 80.8 Å². The standard InChI is InChI=1S/C34H35N5O2/c1-4-41-22-8-21-36-27-17-13-25(14-18-27)31-29-11-5-6-12-30(29)37-34(38-31)39(32-23(2)9-7-10-24(32)3)28-19-15-26(16-20-28)33(35)40/h5-7,9-20,36H,4,8,21-22H2,1-3H3,(H2,35,40). The van der Waals surface area contributed by atoms with Crippen molar-refractivity contribution in [2.75, 3.05) is 30.0 Å². The fourth-order valence-corrected chi connectivity index (χ4v) is 4.96. The molecule has 1 aromatic heterocycles. The van der Waals surface area contributed by atoms with E-state index in [0.717, 1.165) is 76.5 Å². The first-order chi connectivity index (χ1) is 20.0. The van der Waals surface area contributed by atoms with Gasteiger partial charge in [0.2, 0.25) is 11.9 Å². The number of anilines is 4. The number of nitrogens with zero attached hydrogens (tertiary/aromatic N) is 3. The molecule has 0 bridgehead atoms. The highest BCUT2D eigenvalue weighted by Crippen LogP contribution is 2.39. The van der Waals surface area contributed by atoms with Crippen LogP contribution in [0.5, 0.6) is 0 Å². The number of amides is 1. The zero-order valence-electron chi connectivity index (χ0n) is 23.7. The lowest BCUT2D eigenvalue weighted by Gasteiger charge is -2.27. The summed E-state index contributed by atoms with van der Waals surface area (Å²) in [7, 11) is 0. The van der Waals surface area contributed by atoms with Gasteiger partial charge in [0.1, 0.15) is 0 Å². The van der Waals surface area contributed by atoms with E-state index in [2.05, 4.69) is 66.5 Å². The number of hydrogen-bond acceptors (Lipinski definition) is 6. The van der Waals surface area contributed by atoms with E-state index < -0.39 is 5.91 Å². The van der Waals surface area contributed by atoms with Crippen molar-refractivity contribution in [2.24, 2.45) is 5.73 Å². The van der Waals surface area contributed by atoms with Gasteiger partial charge in [-0.15, -0.1) is 0 Å². The van der Waals surface area contributed by atoms with Crippen molar-refractivity contribution >= 4 is 39.8 Å². The van der Waals surface area contributed by atoms with Gasteiger partial charge in [-0.25, -0.2) is 9.97 Å². The van der Waals surface area contributed by atoms with Crippen LogP contribution in [-0.4, -0.2) is 35.6 Å². The molecule has 7 nitrogen and oxygen atoms in total. The van der Waals surface area contributed by atoms with E-state index >= 15 is 0 Å². The molecule has 1 amide bonds. The topological polar surface area (TPSA) is 93.4 Å². The zero-order valence-corrected chi connectivity index (χ0v) is 23.7. The van der Waals surface area contributed by atoms with Crippen molar-refractivity contribution in [1.82, 2.24) is 9.97 Å². The molecule has 41 heavy (non-hydrogen) atoms. The normalized spacial score (nSPS) is 11.0. The van der Waals surface area contributed by atoms with Gasteiger partial charge in [-0.1, -0.05) is 48.5 Å². The lowest BCUT2D eigenvalue weighted by Crippen LogP contribution is -2.17. The van der Waals surface area contributed by atoms with Crippen molar-refractivity contribution in [3.05, 3.63) is 108 Å². The number of para-hydroxylation sites is 2. The van der Waals surface area contributed by atoms with Crippen LogP contribution in [0.1, 0.15) is 34.8 Å². The van der Waals surface area contributed by atoms with E-state index in [1.807, 2.05) is 43.3 Å². The maximum atomic E-state index is 11.8. The summed E-state index contributed by atoms with van der Waals surface area (Å²) < 4.78 is 5.44. The average Bonchev–Trinajstić information content (AvgIpc) is 2.99. The second kappa shape index (κ2) is 12.6. The monoisotopic (exact) mass is 545 g/mol. The second-order valence-electron chi connectivity index (χ2n) is 9.93. The fraction of sp³-hybridized carbons (Fsp3) is 0.206. The number of primary amides is 1. The molecular weight excluding hydrogens is 510 g/mol. The van der Waals surface area contributed by atoms with Crippen LogP contribution < -0.4 is 16.0 Å². The molecule has 5 aromatic rings. The quantitative estimate of drug-likeness (QED) is 0.169. The summed E-state index contributed by atoms with van der Waals surface area (Å²) in [5, 5.41) is 4.43. The van der Waals surface area contributed by atoms with Crippen LogP contribution in [0.15, 0.2) is 91.0 Å². The molecular formula is C34H35N5O2. The molecule has 0 saturated heterocycles. The molecule has 1 heterocycles. The van der Waals surface area contributed by atoms with Gasteiger partial charge in [-0.3, -0.25) is 9.69 Å². The minimum atomic E-state index is -0.466. The van der Waals surface area contributed by atoms with E-state index in [9.17, 15) is 4.79 Å². The van der Waals surface area contributed by atoms with Crippen LogP contribution in [0.2, 0.25) is 0 Å². The zero-order chi connectivity index (χ0) is 28.8. The highest BCUT2D eigenvalue weighted by Gasteiger charge is 2.22. The number of aromatic nitrogens is 2. The van der Waals surface area contributed by atoms with Crippen LogP contribution in [-0.2, 0) is 4.74 Å². The average molecular weight is 546 g/mol. The number of carbonyl (C=O) groups excluding carboxylic acids is 1. The maximum absolute atomic E-state index is 11.8. The number of benzene rings is 4. The van der Waals surface area contributed by atoms with Gasteiger partial charge >= 0.3 is 0 Å². The number of fused-ring (bicyclic) bond motifs is 1. The SMILES string of the molecule is CCOCCCNc1ccc(-c2nc(N(c3ccc(C(N)=O)cc3)c3c(C)cccc3C)nc3ccccc23)cc1. The molecule has 5 rings (SSSR count). The second-order valence-corrected chi connectivity index (χ2v) is 9.93. The Hall–Kier alpha value is -4.75. The Morgan fingerprint density at radius 1 is 0.878 bits per heavy atom. The highest BCUT2D eigenvalue weighted by atomic mass is 16.5. The Morgan fingerprint density at radius 2 is 1.59 bits per heavy atom. The molecule has 0 unspecified atom stereocenters. The molecule has 0 aliphatic heterocycles. The van der Waals surface area contributed by atoms with Crippen molar-refractivity contribution in [2.45, 2.75) is 27.2 Å². The van der Waals surface area contributed by atoms with Gasteiger partial charge in [0.15, 0.2) is 0 Å². The molecule has 7 heteroatoms. The van der Waals surface area contributed by atoms with Crippen LogP contribution >= 0.6 is 0 Å². The van der Waals surface area contributed by atoms with Crippen LogP contribution in [0.25, 0.3) is 22.2 Å². The van der Waals surface area contributed by atoms with Crippen molar-refractivity contribution in [3.63, 3.8) is 0 Å². The van der Waals surface area contributed by atoms with E-state index in [4.69, 9.17) is 20.4 Å². The highest BCUT2D eigenvalue weighted by molar-refractivity contribution is 5.95. The van der Waals surface area contributed by atoms with Crippen molar-refractivity contribution < 1.29 is 9.53 Å². The molecule has 3 N–H and O–H groups in total. The Bertz CT molecular complexity index is 1630. The molecule has 0 atom stereocenters. The Kier molecular flexibility index (Phi) is 8.56. The van der Waals surface area contributed by atoms with Crippen LogP contribution in [0.3, 0.4) is 0 Å². The third-order valence-corrected chi connectivity index (χ3v) is 7.02. The molecule has 208 valence electrons. The number of hydrogen-bond donors (Lipinski definition) is 2. The first-order valence-electron chi connectivity index (χ1n) is 13.9. The number of aryl methyl sites for hydroxylation is 2. The summed E-state index contributed by atoms with van der Waals surface area (Å²) in [5.41, 5.74) is 13.7. The lowest BCUT2D eigenvalue weighted by atomic mass is 10.0. The molecule has 0 radical (unpaired) electrons. The van der Waals surface area contributed by atoms with E-state index in [1.54, 1.807) is 12.1 Å². The molecule has 0 saturated carbocycles. The summed E-state index contributed by atoms with van der Waals surface area (Å²) in [4.78, 5) is 24.0. The summed E-state index contributed by atoms with van der Waals surface area (Å²) >= 11 is 0. The summed E-state index contributed by atoms with van der Waals surface area (Å²) in [6.07, 6.45) is 0.948. The first kappa shape index (κ1) is 27.8. The molecule has 0 fully saturated rings. The largest absolute Gasteiger partial charge is 0.385 e.